The number of hydrogen-bond acceptors (Lipinski definition) is 4. The number of nitrogens with two attached hydrogens (primary N) is 1. The van der Waals surface area contributed by atoms with Crippen molar-refractivity contribution in [1.29, 1.82) is 0 Å². The maximum Gasteiger partial charge on any atom is 0.271 e. The molecule has 0 aliphatic carbocycles. The molecule has 1 aromatic carbocycles. The largest absolute Gasteiger partial charge is 0.396 e. The number of nitrogen functional groups attached to an aromatic ring is 1. The summed E-state index contributed by atoms with van der Waals surface area (Å²) in [5, 5.41) is 2.08. The molecule has 4 nitrogen and oxygen atoms in total. The molecule has 0 spiro atoms. The predicted octanol–water partition coefficient (Wildman–Crippen LogP) is 3.44. The fraction of sp³-hybridized carbons (Fsp3) is 0. The van der Waals surface area contributed by atoms with Gasteiger partial charge in [0.1, 0.15) is 4.21 Å². The van der Waals surface area contributed by atoms with Crippen LogP contribution in [-0.2, 0) is 10.0 Å². The number of sulfonamides is 1. The van der Waals surface area contributed by atoms with Crippen molar-refractivity contribution in [2.75, 3.05) is 10.5 Å². The standard InChI is InChI=1S/C10H8Cl2N2O2S2/c11-7-4-6(5-8(12)10(7)13)14-18(15,16)9-2-1-3-17-9/h1-5,14H,13H2. The Balaban J connectivity index is 2.36. The number of nitrogens with one attached hydrogen (secondary N) is 1. The van der Waals surface area contributed by atoms with Crippen LogP contribution in [0, 0.1) is 0 Å². The molecule has 1 aromatic heterocycles. The van der Waals surface area contributed by atoms with Crippen LogP contribution in [0.2, 0.25) is 10.0 Å². The summed E-state index contributed by atoms with van der Waals surface area (Å²) in [7, 11) is -3.61. The van der Waals surface area contributed by atoms with Crippen molar-refractivity contribution in [1.82, 2.24) is 0 Å². The van der Waals surface area contributed by atoms with Gasteiger partial charge < -0.3 is 5.73 Å². The van der Waals surface area contributed by atoms with Gasteiger partial charge in [0.15, 0.2) is 0 Å². The highest BCUT2D eigenvalue weighted by molar-refractivity contribution is 7.94. The van der Waals surface area contributed by atoms with Crippen molar-refractivity contribution in [2.24, 2.45) is 0 Å². The van der Waals surface area contributed by atoms with Crippen LogP contribution in [0.15, 0.2) is 33.9 Å². The van der Waals surface area contributed by atoms with Gasteiger partial charge in [0.05, 0.1) is 21.4 Å². The van der Waals surface area contributed by atoms with E-state index in [1.165, 1.54) is 18.2 Å². The molecule has 0 aliphatic rings. The molecule has 0 bridgehead atoms. The maximum absolute atomic E-state index is 12.0. The van der Waals surface area contributed by atoms with E-state index >= 15 is 0 Å². The Labute approximate surface area is 118 Å². The predicted molar refractivity (Wildman–Crippen MR) is 76.0 cm³/mol. The zero-order valence-electron chi connectivity index (χ0n) is 8.85. The van der Waals surface area contributed by atoms with Crippen LogP contribution < -0.4 is 10.5 Å². The summed E-state index contributed by atoms with van der Waals surface area (Å²) in [6, 6.07) is 5.98. The Morgan fingerprint density at radius 1 is 1.22 bits per heavy atom. The molecule has 18 heavy (non-hydrogen) atoms. The van der Waals surface area contributed by atoms with Crippen LogP contribution in [0.25, 0.3) is 0 Å². The first-order valence-electron chi connectivity index (χ1n) is 4.71. The van der Waals surface area contributed by atoms with Crippen LogP contribution in [0.1, 0.15) is 0 Å². The number of benzene rings is 1. The van der Waals surface area contributed by atoms with Gasteiger partial charge in [0.25, 0.3) is 10.0 Å². The van der Waals surface area contributed by atoms with Gasteiger partial charge in [-0.3, -0.25) is 4.72 Å². The Kier molecular flexibility index (Phi) is 3.72. The lowest BCUT2D eigenvalue weighted by Crippen LogP contribution is -2.11. The first kappa shape index (κ1) is 13.5. The topological polar surface area (TPSA) is 72.2 Å². The molecule has 0 aliphatic heterocycles. The van der Waals surface area contributed by atoms with E-state index in [0.717, 1.165) is 11.3 Å². The lowest BCUT2D eigenvalue weighted by molar-refractivity contribution is 0.603. The second kappa shape index (κ2) is 4.97. The SMILES string of the molecule is Nc1c(Cl)cc(NS(=O)(=O)c2cccs2)cc1Cl. The average Bonchev–Trinajstić information content (AvgIpc) is 2.79. The van der Waals surface area contributed by atoms with Gasteiger partial charge >= 0.3 is 0 Å². The van der Waals surface area contributed by atoms with E-state index in [9.17, 15) is 8.42 Å². The minimum Gasteiger partial charge on any atom is -0.396 e. The molecule has 0 radical (unpaired) electrons. The van der Waals surface area contributed by atoms with Crippen LogP contribution >= 0.6 is 34.5 Å². The zero-order valence-corrected chi connectivity index (χ0v) is 12.0. The summed E-state index contributed by atoms with van der Waals surface area (Å²) < 4.78 is 26.5. The van der Waals surface area contributed by atoms with E-state index in [-0.39, 0.29) is 25.6 Å². The second-order valence-electron chi connectivity index (χ2n) is 3.39. The van der Waals surface area contributed by atoms with E-state index in [1.54, 1.807) is 11.4 Å². The Morgan fingerprint density at radius 3 is 2.33 bits per heavy atom. The van der Waals surface area contributed by atoms with Gasteiger partial charge in [0, 0.05) is 0 Å². The smallest absolute Gasteiger partial charge is 0.271 e. The second-order valence-corrected chi connectivity index (χ2v) is 7.06. The van der Waals surface area contributed by atoms with Gasteiger partial charge in [-0.2, -0.15) is 0 Å². The Morgan fingerprint density at radius 2 is 1.83 bits per heavy atom. The first-order valence-corrected chi connectivity index (χ1v) is 7.83. The molecular weight excluding hydrogens is 315 g/mol. The number of thiophene rings is 1. The Bertz CT molecular complexity index is 646. The van der Waals surface area contributed by atoms with Crippen molar-refractivity contribution < 1.29 is 8.42 Å². The summed E-state index contributed by atoms with van der Waals surface area (Å²) in [5.74, 6) is 0. The van der Waals surface area contributed by atoms with E-state index in [2.05, 4.69) is 4.72 Å². The van der Waals surface area contributed by atoms with E-state index in [4.69, 9.17) is 28.9 Å². The van der Waals surface area contributed by atoms with Gasteiger partial charge in [0.2, 0.25) is 0 Å². The van der Waals surface area contributed by atoms with Crippen molar-refractivity contribution >= 4 is 55.9 Å². The maximum atomic E-state index is 12.0. The third-order valence-corrected chi connectivity index (χ3v) is 5.50. The fourth-order valence-electron chi connectivity index (χ4n) is 1.27. The van der Waals surface area contributed by atoms with Gasteiger partial charge in [-0.05, 0) is 23.6 Å². The molecule has 8 heteroatoms. The molecule has 0 saturated heterocycles. The lowest BCUT2D eigenvalue weighted by Gasteiger charge is -2.09. The molecule has 2 aromatic rings. The molecule has 0 fully saturated rings. The highest BCUT2D eigenvalue weighted by Crippen LogP contribution is 2.32. The van der Waals surface area contributed by atoms with Crippen LogP contribution in [0.3, 0.4) is 0 Å². The van der Waals surface area contributed by atoms with E-state index in [0.29, 0.717) is 0 Å². The highest BCUT2D eigenvalue weighted by atomic mass is 35.5. The average molecular weight is 323 g/mol. The monoisotopic (exact) mass is 322 g/mol. The van der Waals surface area contributed by atoms with E-state index < -0.39 is 10.0 Å². The summed E-state index contributed by atoms with van der Waals surface area (Å²) in [6.07, 6.45) is 0. The van der Waals surface area contributed by atoms with Gasteiger partial charge in [-0.25, -0.2) is 8.42 Å². The third-order valence-electron chi connectivity index (χ3n) is 2.09. The molecule has 1 heterocycles. The fourth-order valence-corrected chi connectivity index (χ4v) is 3.79. The number of hydrogen-bond donors (Lipinski definition) is 2. The molecule has 2 rings (SSSR count). The summed E-state index contributed by atoms with van der Waals surface area (Å²) in [5.41, 5.74) is 6.06. The van der Waals surface area contributed by atoms with Crippen LogP contribution in [-0.4, -0.2) is 8.42 Å². The first-order chi connectivity index (χ1) is 8.40. The zero-order chi connectivity index (χ0) is 13.3. The van der Waals surface area contributed by atoms with Crippen molar-refractivity contribution in [3.63, 3.8) is 0 Å². The third kappa shape index (κ3) is 2.72. The summed E-state index contributed by atoms with van der Waals surface area (Å²) in [6.45, 7) is 0. The lowest BCUT2D eigenvalue weighted by atomic mass is 10.3. The van der Waals surface area contributed by atoms with Gasteiger partial charge in [-0.15, -0.1) is 11.3 Å². The minimum atomic E-state index is -3.61. The van der Waals surface area contributed by atoms with Crippen molar-refractivity contribution in [3.8, 4) is 0 Å². The van der Waals surface area contributed by atoms with Crippen LogP contribution in [0.4, 0.5) is 11.4 Å². The molecule has 0 amide bonds. The normalized spacial score (nSPS) is 11.4. The molecule has 0 saturated carbocycles. The Hall–Kier alpha value is -0.950. The van der Waals surface area contributed by atoms with Crippen molar-refractivity contribution in [3.05, 3.63) is 39.7 Å². The van der Waals surface area contributed by atoms with Gasteiger partial charge in [-0.1, -0.05) is 29.3 Å². The van der Waals surface area contributed by atoms with Crippen LogP contribution in [0.5, 0.6) is 0 Å². The van der Waals surface area contributed by atoms with Crippen molar-refractivity contribution in [2.45, 2.75) is 4.21 Å². The highest BCUT2D eigenvalue weighted by Gasteiger charge is 2.16. The molecule has 96 valence electrons. The minimum absolute atomic E-state index is 0.200. The number of rotatable bonds is 3. The summed E-state index contributed by atoms with van der Waals surface area (Å²) >= 11 is 12.8. The quantitative estimate of drug-likeness (QED) is 0.850. The molecule has 3 N–H and O–H groups in total. The molecular formula is C10H8Cl2N2O2S2. The summed E-state index contributed by atoms with van der Waals surface area (Å²) in [4.78, 5) is 0. The van der Waals surface area contributed by atoms with E-state index in [1.807, 2.05) is 0 Å². The number of anilines is 2. The number of halogens is 2. The molecule has 0 atom stereocenters. The molecule has 0 unspecified atom stereocenters.